The minimum atomic E-state index is -0.413. The third kappa shape index (κ3) is 4.72. The maximum Gasteiger partial charge on any atom is 0.327 e. The molecule has 1 aromatic carbocycles. The first-order valence-electron chi connectivity index (χ1n) is 7.23. The lowest BCUT2D eigenvalue weighted by Crippen LogP contribution is -2.31. The molecule has 0 radical (unpaired) electrons. The van der Waals surface area contributed by atoms with Crippen molar-refractivity contribution in [2.24, 2.45) is 0 Å². The van der Waals surface area contributed by atoms with Crippen molar-refractivity contribution in [1.29, 1.82) is 0 Å². The van der Waals surface area contributed by atoms with Crippen LogP contribution in [0.3, 0.4) is 0 Å². The topological polar surface area (TPSA) is 56.1 Å². The van der Waals surface area contributed by atoms with E-state index in [0.29, 0.717) is 6.61 Å². The molecule has 5 heteroatoms. The summed E-state index contributed by atoms with van der Waals surface area (Å²) in [4.78, 5) is 12.1. The van der Waals surface area contributed by atoms with Gasteiger partial charge >= 0.3 is 5.97 Å². The summed E-state index contributed by atoms with van der Waals surface area (Å²) in [5.74, 6) is -0.234. The average Bonchev–Trinajstić information content (AvgIpc) is 3.01. The number of benzene rings is 1. The molecule has 2 rings (SSSR count). The van der Waals surface area contributed by atoms with E-state index in [1.807, 2.05) is 54.2 Å². The second kappa shape index (κ2) is 8.21. The van der Waals surface area contributed by atoms with Gasteiger partial charge in [-0.05, 0) is 31.5 Å². The van der Waals surface area contributed by atoms with Crippen LogP contribution in [0.4, 0.5) is 0 Å². The van der Waals surface area contributed by atoms with Gasteiger partial charge in [-0.1, -0.05) is 30.3 Å². The van der Waals surface area contributed by atoms with Gasteiger partial charge in [0.15, 0.2) is 0 Å². The molecule has 21 heavy (non-hydrogen) atoms. The van der Waals surface area contributed by atoms with Crippen LogP contribution in [0.15, 0.2) is 48.8 Å². The predicted molar refractivity (Wildman–Crippen MR) is 80.7 cm³/mol. The van der Waals surface area contributed by atoms with Crippen molar-refractivity contribution in [3.63, 3.8) is 0 Å². The molecular formula is C16H21N3O2. The Morgan fingerprint density at radius 3 is 2.81 bits per heavy atom. The van der Waals surface area contributed by atoms with E-state index in [2.05, 4.69) is 10.4 Å². The fraction of sp³-hybridized carbons (Fsp3) is 0.375. The summed E-state index contributed by atoms with van der Waals surface area (Å²) >= 11 is 0. The third-order valence-corrected chi connectivity index (χ3v) is 3.13. The van der Waals surface area contributed by atoms with Crippen LogP contribution in [-0.4, -0.2) is 28.9 Å². The maximum absolute atomic E-state index is 12.1. The van der Waals surface area contributed by atoms with Crippen LogP contribution < -0.4 is 5.32 Å². The van der Waals surface area contributed by atoms with E-state index in [9.17, 15) is 4.79 Å². The van der Waals surface area contributed by atoms with Crippen LogP contribution in [0.2, 0.25) is 0 Å². The first-order valence-corrected chi connectivity index (χ1v) is 7.23. The molecule has 1 unspecified atom stereocenters. The SMILES string of the molecule is CCOC(=O)C(NCCCn1cccn1)c1ccccc1. The zero-order chi connectivity index (χ0) is 14.9. The number of esters is 1. The Morgan fingerprint density at radius 2 is 2.14 bits per heavy atom. The largest absolute Gasteiger partial charge is 0.465 e. The van der Waals surface area contributed by atoms with Gasteiger partial charge in [0.2, 0.25) is 0 Å². The zero-order valence-electron chi connectivity index (χ0n) is 12.2. The number of aromatic nitrogens is 2. The highest BCUT2D eigenvalue weighted by Crippen LogP contribution is 2.14. The van der Waals surface area contributed by atoms with Gasteiger partial charge in [-0.15, -0.1) is 0 Å². The van der Waals surface area contributed by atoms with E-state index in [-0.39, 0.29) is 5.97 Å². The number of carbonyl (C=O) groups excluding carboxylic acids is 1. The van der Waals surface area contributed by atoms with Gasteiger partial charge in [-0.2, -0.15) is 5.10 Å². The lowest BCUT2D eigenvalue weighted by Gasteiger charge is -2.17. The third-order valence-electron chi connectivity index (χ3n) is 3.13. The molecule has 2 aromatic rings. The Kier molecular flexibility index (Phi) is 5.97. The minimum Gasteiger partial charge on any atom is -0.465 e. The second-order valence-corrected chi connectivity index (χ2v) is 4.67. The summed E-state index contributed by atoms with van der Waals surface area (Å²) in [7, 11) is 0. The number of ether oxygens (including phenoxy) is 1. The molecule has 112 valence electrons. The lowest BCUT2D eigenvalue weighted by molar-refractivity contribution is -0.145. The van der Waals surface area contributed by atoms with Gasteiger partial charge in [0, 0.05) is 18.9 Å². The maximum atomic E-state index is 12.1. The molecule has 1 aromatic heterocycles. The number of nitrogens with zero attached hydrogens (tertiary/aromatic N) is 2. The monoisotopic (exact) mass is 287 g/mol. The molecule has 1 N–H and O–H groups in total. The summed E-state index contributed by atoms with van der Waals surface area (Å²) in [6.45, 7) is 3.75. The van der Waals surface area contributed by atoms with E-state index in [1.54, 1.807) is 6.20 Å². The molecule has 0 amide bonds. The first kappa shape index (κ1) is 15.3. The van der Waals surface area contributed by atoms with Crippen LogP contribution in [0.25, 0.3) is 0 Å². The fourth-order valence-corrected chi connectivity index (χ4v) is 2.13. The summed E-state index contributed by atoms with van der Waals surface area (Å²) in [5.41, 5.74) is 0.926. The van der Waals surface area contributed by atoms with E-state index < -0.39 is 6.04 Å². The van der Waals surface area contributed by atoms with Crippen LogP contribution in [0.1, 0.15) is 24.9 Å². The van der Waals surface area contributed by atoms with Crippen molar-refractivity contribution in [3.8, 4) is 0 Å². The Labute approximate surface area is 124 Å². The normalized spacial score (nSPS) is 12.0. The van der Waals surface area contributed by atoms with Gasteiger partial charge in [-0.25, -0.2) is 4.79 Å². The van der Waals surface area contributed by atoms with Crippen molar-refractivity contribution in [2.75, 3.05) is 13.2 Å². The number of carbonyl (C=O) groups is 1. The number of hydrogen-bond donors (Lipinski definition) is 1. The molecule has 0 saturated carbocycles. The lowest BCUT2D eigenvalue weighted by atomic mass is 10.1. The average molecular weight is 287 g/mol. The summed E-state index contributed by atoms with van der Waals surface area (Å²) < 4.78 is 7.02. The van der Waals surface area contributed by atoms with E-state index >= 15 is 0 Å². The van der Waals surface area contributed by atoms with Gasteiger partial charge in [0.05, 0.1) is 6.61 Å². The molecular weight excluding hydrogens is 266 g/mol. The second-order valence-electron chi connectivity index (χ2n) is 4.67. The molecule has 1 heterocycles. The van der Waals surface area contributed by atoms with E-state index in [0.717, 1.165) is 25.1 Å². The van der Waals surface area contributed by atoms with Crippen LogP contribution in [0.5, 0.6) is 0 Å². The van der Waals surface area contributed by atoms with Gasteiger partial charge < -0.3 is 10.1 Å². The van der Waals surface area contributed by atoms with Gasteiger partial charge in [-0.3, -0.25) is 4.68 Å². The van der Waals surface area contributed by atoms with Gasteiger partial charge in [0.1, 0.15) is 6.04 Å². The Morgan fingerprint density at radius 1 is 1.33 bits per heavy atom. The molecule has 1 atom stereocenters. The highest BCUT2D eigenvalue weighted by atomic mass is 16.5. The quantitative estimate of drug-likeness (QED) is 0.597. The van der Waals surface area contributed by atoms with Crippen molar-refractivity contribution in [2.45, 2.75) is 25.9 Å². The summed E-state index contributed by atoms with van der Waals surface area (Å²) in [6, 6.07) is 11.1. The minimum absolute atomic E-state index is 0.234. The Balaban J connectivity index is 1.88. The van der Waals surface area contributed by atoms with Crippen molar-refractivity contribution < 1.29 is 9.53 Å². The van der Waals surface area contributed by atoms with Crippen molar-refractivity contribution >= 4 is 5.97 Å². The molecule has 0 aliphatic carbocycles. The van der Waals surface area contributed by atoms with E-state index in [1.165, 1.54) is 0 Å². The molecule has 0 aliphatic rings. The first-order chi connectivity index (χ1) is 10.3. The van der Waals surface area contributed by atoms with E-state index in [4.69, 9.17) is 4.74 Å². The number of nitrogens with one attached hydrogen (secondary N) is 1. The molecule has 0 saturated heterocycles. The van der Waals surface area contributed by atoms with Crippen molar-refractivity contribution in [1.82, 2.24) is 15.1 Å². The van der Waals surface area contributed by atoms with Crippen LogP contribution in [-0.2, 0) is 16.1 Å². The highest BCUT2D eigenvalue weighted by Gasteiger charge is 2.20. The molecule has 5 nitrogen and oxygen atoms in total. The fourth-order valence-electron chi connectivity index (χ4n) is 2.13. The zero-order valence-corrected chi connectivity index (χ0v) is 12.2. The standard InChI is InChI=1S/C16H21N3O2/c1-2-21-16(20)15(14-8-4-3-5-9-14)17-10-6-12-19-13-7-11-18-19/h3-5,7-9,11,13,15,17H,2,6,10,12H2,1H3. The summed E-state index contributed by atoms with van der Waals surface area (Å²) in [5, 5.41) is 7.42. The van der Waals surface area contributed by atoms with Gasteiger partial charge in [0.25, 0.3) is 0 Å². The Hall–Kier alpha value is -2.14. The molecule has 0 bridgehead atoms. The Bertz CT molecular complexity index is 526. The molecule has 0 spiro atoms. The van der Waals surface area contributed by atoms with Crippen molar-refractivity contribution in [3.05, 3.63) is 54.4 Å². The number of aryl methyl sites for hydroxylation is 1. The highest BCUT2D eigenvalue weighted by molar-refractivity contribution is 5.77. The predicted octanol–water partition coefficient (Wildman–Crippen LogP) is 2.17. The molecule has 0 aliphatic heterocycles. The summed E-state index contributed by atoms with van der Waals surface area (Å²) in [6.07, 6.45) is 4.59. The number of rotatable bonds is 8. The smallest absolute Gasteiger partial charge is 0.327 e. The van der Waals surface area contributed by atoms with Crippen LogP contribution >= 0.6 is 0 Å². The number of hydrogen-bond acceptors (Lipinski definition) is 4. The van der Waals surface area contributed by atoms with Crippen LogP contribution in [0, 0.1) is 0 Å². The molecule has 0 fully saturated rings.